The summed E-state index contributed by atoms with van der Waals surface area (Å²) in [6.07, 6.45) is 0. The lowest BCUT2D eigenvalue weighted by atomic mass is 9.90. The van der Waals surface area contributed by atoms with E-state index in [1.807, 2.05) is 0 Å². The van der Waals surface area contributed by atoms with Gasteiger partial charge in [0.05, 0.1) is 6.54 Å². The summed E-state index contributed by atoms with van der Waals surface area (Å²) < 4.78 is 6.27. The quantitative estimate of drug-likeness (QED) is 0.787. The minimum atomic E-state index is 0.462. The van der Waals surface area contributed by atoms with Gasteiger partial charge in [0.1, 0.15) is 11.3 Å². The van der Waals surface area contributed by atoms with Crippen molar-refractivity contribution >= 4 is 11.0 Å². The maximum absolute atomic E-state index is 6.27. The molecule has 0 aliphatic heterocycles. The Morgan fingerprint density at radius 1 is 1.00 bits per heavy atom. The molecular formula is C19H29NO. The van der Waals surface area contributed by atoms with Crippen LogP contribution in [0, 0.1) is 6.92 Å². The van der Waals surface area contributed by atoms with Crippen molar-refractivity contribution in [3.8, 4) is 0 Å². The number of furan rings is 1. The van der Waals surface area contributed by atoms with E-state index in [-0.39, 0.29) is 0 Å². The van der Waals surface area contributed by atoms with Crippen LogP contribution < -0.4 is 5.32 Å². The summed E-state index contributed by atoms with van der Waals surface area (Å²) >= 11 is 0. The van der Waals surface area contributed by atoms with Gasteiger partial charge in [0, 0.05) is 17.0 Å². The van der Waals surface area contributed by atoms with Gasteiger partial charge < -0.3 is 9.73 Å². The summed E-state index contributed by atoms with van der Waals surface area (Å²) in [5, 5.41) is 4.84. The Morgan fingerprint density at radius 3 is 2.19 bits per heavy atom. The van der Waals surface area contributed by atoms with Gasteiger partial charge in [0.2, 0.25) is 0 Å². The Balaban J connectivity index is 2.67. The molecule has 0 radical (unpaired) electrons. The molecule has 2 rings (SSSR count). The van der Waals surface area contributed by atoms with Gasteiger partial charge in [-0.25, -0.2) is 0 Å². The number of hydrogen-bond donors (Lipinski definition) is 1. The van der Waals surface area contributed by atoms with Crippen LogP contribution in [-0.4, -0.2) is 6.04 Å². The molecule has 0 aliphatic rings. The average Bonchev–Trinajstić information content (AvgIpc) is 2.76. The molecule has 0 amide bonds. The van der Waals surface area contributed by atoms with Crippen molar-refractivity contribution in [2.24, 2.45) is 0 Å². The van der Waals surface area contributed by atoms with E-state index in [1.165, 1.54) is 22.1 Å². The van der Waals surface area contributed by atoms with Crippen LogP contribution in [0.2, 0.25) is 0 Å². The van der Waals surface area contributed by atoms with Crippen molar-refractivity contribution in [1.29, 1.82) is 0 Å². The average molecular weight is 287 g/mol. The van der Waals surface area contributed by atoms with E-state index in [2.05, 4.69) is 65.9 Å². The van der Waals surface area contributed by atoms with Crippen molar-refractivity contribution in [2.45, 2.75) is 72.9 Å². The molecule has 0 saturated carbocycles. The molecule has 0 fully saturated rings. The monoisotopic (exact) mass is 287 g/mol. The molecule has 2 nitrogen and oxygen atoms in total. The van der Waals surface area contributed by atoms with Crippen molar-refractivity contribution in [2.75, 3.05) is 0 Å². The maximum Gasteiger partial charge on any atom is 0.137 e. The fourth-order valence-electron chi connectivity index (χ4n) is 2.95. The molecule has 1 N–H and O–H groups in total. The van der Waals surface area contributed by atoms with Gasteiger partial charge in [-0.3, -0.25) is 0 Å². The van der Waals surface area contributed by atoms with E-state index in [4.69, 9.17) is 4.42 Å². The van der Waals surface area contributed by atoms with Crippen molar-refractivity contribution in [3.05, 3.63) is 34.6 Å². The third-order valence-electron chi connectivity index (χ3n) is 4.05. The molecule has 1 aromatic heterocycles. The molecule has 0 aliphatic carbocycles. The normalized spacial score (nSPS) is 12.3. The number of benzene rings is 1. The van der Waals surface area contributed by atoms with Crippen LogP contribution in [0.4, 0.5) is 0 Å². The third kappa shape index (κ3) is 3.16. The largest absolute Gasteiger partial charge is 0.459 e. The van der Waals surface area contributed by atoms with Crippen LogP contribution in [0.25, 0.3) is 11.0 Å². The summed E-state index contributed by atoms with van der Waals surface area (Å²) in [6.45, 7) is 16.3. The van der Waals surface area contributed by atoms with Crippen molar-refractivity contribution in [1.82, 2.24) is 5.32 Å². The molecular weight excluding hydrogens is 258 g/mol. The van der Waals surface area contributed by atoms with Crippen molar-refractivity contribution < 1.29 is 4.42 Å². The Morgan fingerprint density at radius 2 is 1.67 bits per heavy atom. The fraction of sp³-hybridized carbons (Fsp3) is 0.579. The van der Waals surface area contributed by atoms with Gasteiger partial charge in [-0.1, -0.05) is 53.7 Å². The third-order valence-corrected chi connectivity index (χ3v) is 4.05. The van der Waals surface area contributed by atoms with Crippen LogP contribution in [-0.2, 0) is 6.54 Å². The number of aryl methyl sites for hydroxylation is 1. The topological polar surface area (TPSA) is 25.2 Å². The first kappa shape index (κ1) is 16.1. The van der Waals surface area contributed by atoms with E-state index in [0.29, 0.717) is 17.9 Å². The fourth-order valence-corrected chi connectivity index (χ4v) is 2.95. The lowest BCUT2D eigenvalue weighted by Gasteiger charge is -2.13. The first-order valence-electron chi connectivity index (χ1n) is 8.11. The second-order valence-electron chi connectivity index (χ2n) is 6.96. The SMILES string of the molecule is Cc1ccc(C(C)C)c2c(C(C)C)c(CNC(C)C)oc12. The summed E-state index contributed by atoms with van der Waals surface area (Å²) in [4.78, 5) is 0. The van der Waals surface area contributed by atoms with Gasteiger partial charge in [0.15, 0.2) is 0 Å². The highest BCUT2D eigenvalue weighted by Crippen LogP contribution is 2.38. The summed E-state index contributed by atoms with van der Waals surface area (Å²) in [5.41, 5.74) is 5.09. The number of rotatable bonds is 5. The molecule has 1 heterocycles. The van der Waals surface area contributed by atoms with E-state index < -0.39 is 0 Å². The number of nitrogens with one attached hydrogen (secondary N) is 1. The Bertz CT molecular complexity index is 620. The van der Waals surface area contributed by atoms with Gasteiger partial charge in [0.25, 0.3) is 0 Å². The Labute approximate surface area is 128 Å². The summed E-state index contributed by atoms with van der Waals surface area (Å²) in [5.74, 6) is 2.08. The van der Waals surface area contributed by atoms with E-state index in [1.54, 1.807) is 0 Å². The highest BCUT2D eigenvalue weighted by atomic mass is 16.3. The van der Waals surface area contributed by atoms with Crippen LogP contribution in [0.1, 0.15) is 75.8 Å². The van der Waals surface area contributed by atoms with E-state index in [9.17, 15) is 0 Å². The van der Waals surface area contributed by atoms with Crippen molar-refractivity contribution in [3.63, 3.8) is 0 Å². The first-order valence-corrected chi connectivity index (χ1v) is 8.11. The lowest BCUT2D eigenvalue weighted by molar-refractivity contribution is 0.480. The standard InChI is InChI=1S/C19H29NO/c1-11(2)15-9-8-14(7)19-18(15)17(12(3)4)16(21-19)10-20-13(5)6/h8-9,11-13,20H,10H2,1-7H3. The second kappa shape index (κ2) is 6.23. The zero-order valence-electron chi connectivity index (χ0n) is 14.5. The smallest absolute Gasteiger partial charge is 0.137 e. The molecule has 1 aromatic carbocycles. The number of hydrogen-bond acceptors (Lipinski definition) is 2. The predicted molar refractivity (Wildman–Crippen MR) is 91.1 cm³/mol. The molecule has 2 heteroatoms. The molecule has 0 bridgehead atoms. The minimum Gasteiger partial charge on any atom is -0.459 e. The van der Waals surface area contributed by atoms with Gasteiger partial charge in [-0.2, -0.15) is 0 Å². The summed E-state index contributed by atoms with van der Waals surface area (Å²) in [6, 6.07) is 4.91. The molecule has 21 heavy (non-hydrogen) atoms. The van der Waals surface area contributed by atoms with Gasteiger partial charge in [-0.15, -0.1) is 0 Å². The van der Waals surface area contributed by atoms with Crippen LogP contribution >= 0.6 is 0 Å². The highest BCUT2D eigenvalue weighted by Gasteiger charge is 2.21. The van der Waals surface area contributed by atoms with E-state index in [0.717, 1.165) is 17.9 Å². The van der Waals surface area contributed by atoms with Gasteiger partial charge in [-0.05, 0) is 29.9 Å². The lowest BCUT2D eigenvalue weighted by Crippen LogP contribution is -2.22. The second-order valence-corrected chi connectivity index (χ2v) is 6.96. The van der Waals surface area contributed by atoms with E-state index >= 15 is 0 Å². The zero-order valence-corrected chi connectivity index (χ0v) is 14.5. The van der Waals surface area contributed by atoms with Crippen LogP contribution in [0.3, 0.4) is 0 Å². The van der Waals surface area contributed by atoms with Gasteiger partial charge >= 0.3 is 0 Å². The molecule has 0 spiro atoms. The Hall–Kier alpha value is -1.28. The molecule has 0 saturated heterocycles. The molecule has 0 atom stereocenters. The van der Waals surface area contributed by atoms with Crippen LogP contribution in [0.15, 0.2) is 16.5 Å². The highest BCUT2D eigenvalue weighted by molar-refractivity contribution is 5.89. The Kier molecular flexibility index (Phi) is 4.77. The predicted octanol–water partition coefficient (Wildman–Crippen LogP) is 5.49. The minimum absolute atomic E-state index is 0.462. The molecule has 116 valence electrons. The molecule has 0 unspecified atom stereocenters. The maximum atomic E-state index is 6.27. The summed E-state index contributed by atoms with van der Waals surface area (Å²) in [7, 11) is 0. The number of fused-ring (bicyclic) bond motifs is 1. The van der Waals surface area contributed by atoms with Crippen LogP contribution in [0.5, 0.6) is 0 Å². The first-order chi connectivity index (χ1) is 9.82. The zero-order chi connectivity index (χ0) is 15.7. The molecule has 2 aromatic rings.